The highest BCUT2D eigenvalue weighted by Crippen LogP contribution is 2.15. The molecule has 0 radical (unpaired) electrons. The first-order valence-electron chi connectivity index (χ1n) is 6.45. The first-order chi connectivity index (χ1) is 9.33. The van der Waals surface area contributed by atoms with Crippen LogP contribution in [0.25, 0.3) is 0 Å². The Labute approximate surface area is 118 Å². The van der Waals surface area contributed by atoms with Gasteiger partial charge in [0.05, 0.1) is 13.2 Å². The van der Waals surface area contributed by atoms with Crippen LogP contribution in [-0.2, 0) is 14.3 Å². The van der Waals surface area contributed by atoms with Crippen molar-refractivity contribution < 1.29 is 14.3 Å². The zero-order valence-corrected chi connectivity index (χ0v) is 12.1. The third-order valence-corrected chi connectivity index (χ3v) is 3.25. The van der Waals surface area contributed by atoms with Crippen LogP contribution >= 0.6 is 11.8 Å². The number of esters is 1. The van der Waals surface area contributed by atoms with E-state index in [-0.39, 0.29) is 12.6 Å². The van der Waals surface area contributed by atoms with Gasteiger partial charge >= 0.3 is 5.97 Å². The van der Waals surface area contributed by atoms with E-state index < -0.39 is 0 Å². The van der Waals surface area contributed by atoms with E-state index in [1.807, 2.05) is 30.0 Å². The van der Waals surface area contributed by atoms with E-state index >= 15 is 0 Å². The minimum absolute atomic E-state index is 0.0360. The Kier molecular flexibility index (Phi) is 9.14. The molecule has 5 heteroatoms. The SMILES string of the molecule is CCOC(=O)COCCNCCSc1ccccc1. The van der Waals surface area contributed by atoms with Crippen molar-refractivity contribution in [2.24, 2.45) is 0 Å². The van der Waals surface area contributed by atoms with E-state index in [2.05, 4.69) is 17.4 Å². The van der Waals surface area contributed by atoms with Crippen molar-refractivity contribution in [3.8, 4) is 0 Å². The van der Waals surface area contributed by atoms with Gasteiger partial charge in [-0.1, -0.05) is 18.2 Å². The van der Waals surface area contributed by atoms with E-state index in [0.29, 0.717) is 13.2 Å². The van der Waals surface area contributed by atoms with Crippen LogP contribution in [0.5, 0.6) is 0 Å². The van der Waals surface area contributed by atoms with Crippen molar-refractivity contribution in [2.45, 2.75) is 11.8 Å². The van der Waals surface area contributed by atoms with Gasteiger partial charge in [-0.15, -0.1) is 11.8 Å². The Morgan fingerprint density at radius 1 is 1.26 bits per heavy atom. The zero-order chi connectivity index (χ0) is 13.8. The van der Waals surface area contributed by atoms with Gasteiger partial charge in [-0.3, -0.25) is 0 Å². The molecule has 1 aromatic carbocycles. The Hall–Kier alpha value is -1.04. The summed E-state index contributed by atoms with van der Waals surface area (Å²) in [5.41, 5.74) is 0. The van der Waals surface area contributed by atoms with Gasteiger partial charge in [-0.05, 0) is 19.1 Å². The Bertz CT molecular complexity index is 346. The zero-order valence-electron chi connectivity index (χ0n) is 11.3. The number of ether oxygens (including phenoxy) is 2. The minimum Gasteiger partial charge on any atom is -0.464 e. The second-order valence-electron chi connectivity index (χ2n) is 3.77. The molecule has 0 aliphatic carbocycles. The predicted octanol–water partition coefficient (Wildman–Crippen LogP) is 1.95. The van der Waals surface area contributed by atoms with Gasteiger partial charge in [0, 0.05) is 23.7 Å². The number of carbonyl (C=O) groups excluding carboxylic acids is 1. The van der Waals surface area contributed by atoms with E-state index in [1.165, 1.54) is 4.90 Å². The number of nitrogens with one attached hydrogen (secondary N) is 1. The summed E-state index contributed by atoms with van der Waals surface area (Å²) in [6, 6.07) is 10.3. The van der Waals surface area contributed by atoms with Crippen molar-refractivity contribution >= 4 is 17.7 Å². The third-order valence-electron chi connectivity index (χ3n) is 2.24. The molecule has 0 saturated heterocycles. The van der Waals surface area contributed by atoms with Crippen molar-refractivity contribution in [1.82, 2.24) is 5.32 Å². The first-order valence-corrected chi connectivity index (χ1v) is 7.43. The molecular formula is C14H21NO3S. The number of thioether (sulfide) groups is 1. The molecule has 0 aliphatic heterocycles. The fourth-order valence-electron chi connectivity index (χ4n) is 1.39. The van der Waals surface area contributed by atoms with Crippen molar-refractivity contribution in [2.75, 3.05) is 38.7 Å². The van der Waals surface area contributed by atoms with Gasteiger partial charge < -0.3 is 14.8 Å². The summed E-state index contributed by atoms with van der Waals surface area (Å²) in [6.07, 6.45) is 0. The number of hydrogen-bond donors (Lipinski definition) is 1. The van der Waals surface area contributed by atoms with Crippen LogP contribution in [0.4, 0.5) is 0 Å². The van der Waals surface area contributed by atoms with E-state index in [1.54, 1.807) is 6.92 Å². The standard InChI is InChI=1S/C14H21NO3S/c1-2-18-14(16)12-17-10-8-15-9-11-19-13-6-4-3-5-7-13/h3-7,15H,2,8-12H2,1H3. The van der Waals surface area contributed by atoms with E-state index in [4.69, 9.17) is 9.47 Å². The van der Waals surface area contributed by atoms with Crippen molar-refractivity contribution in [1.29, 1.82) is 0 Å². The molecule has 0 amide bonds. The molecule has 0 fully saturated rings. The summed E-state index contributed by atoms with van der Waals surface area (Å²) < 4.78 is 9.92. The largest absolute Gasteiger partial charge is 0.464 e. The number of benzene rings is 1. The topological polar surface area (TPSA) is 47.6 Å². The van der Waals surface area contributed by atoms with Crippen LogP contribution in [0.1, 0.15) is 6.92 Å². The summed E-state index contributed by atoms with van der Waals surface area (Å²) in [6.45, 7) is 4.40. The second kappa shape index (κ2) is 10.8. The number of hydrogen-bond acceptors (Lipinski definition) is 5. The van der Waals surface area contributed by atoms with Crippen molar-refractivity contribution in [3.05, 3.63) is 30.3 Å². The van der Waals surface area contributed by atoms with Gasteiger partial charge in [0.1, 0.15) is 6.61 Å². The molecule has 0 spiro atoms. The minimum atomic E-state index is -0.304. The lowest BCUT2D eigenvalue weighted by molar-refractivity contribution is -0.148. The lowest BCUT2D eigenvalue weighted by Gasteiger charge is -2.06. The first kappa shape index (κ1) is 16.0. The molecule has 1 N–H and O–H groups in total. The van der Waals surface area contributed by atoms with Crippen LogP contribution < -0.4 is 5.32 Å². The summed E-state index contributed by atoms with van der Waals surface area (Å²) in [5, 5.41) is 3.26. The third kappa shape index (κ3) is 8.64. The molecule has 1 aromatic rings. The van der Waals surface area contributed by atoms with Crippen LogP contribution in [0, 0.1) is 0 Å². The Morgan fingerprint density at radius 2 is 2.05 bits per heavy atom. The average molecular weight is 283 g/mol. The predicted molar refractivity (Wildman–Crippen MR) is 77.5 cm³/mol. The molecule has 0 aliphatic rings. The van der Waals surface area contributed by atoms with Gasteiger partial charge in [0.25, 0.3) is 0 Å². The molecule has 0 unspecified atom stereocenters. The maximum Gasteiger partial charge on any atom is 0.332 e. The highest BCUT2D eigenvalue weighted by atomic mass is 32.2. The monoisotopic (exact) mass is 283 g/mol. The molecule has 106 valence electrons. The summed E-state index contributed by atoms with van der Waals surface area (Å²) in [7, 11) is 0. The summed E-state index contributed by atoms with van der Waals surface area (Å²) >= 11 is 1.82. The van der Waals surface area contributed by atoms with Crippen LogP contribution in [0.15, 0.2) is 35.2 Å². The van der Waals surface area contributed by atoms with Crippen molar-refractivity contribution in [3.63, 3.8) is 0 Å². The van der Waals surface area contributed by atoms with Gasteiger partial charge in [-0.2, -0.15) is 0 Å². The number of rotatable bonds is 10. The fraction of sp³-hybridized carbons (Fsp3) is 0.500. The molecule has 19 heavy (non-hydrogen) atoms. The quantitative estimate of drug-likeness (QED) is 0.404. The van der Waals surface area contributed by atoms with E-state index in [0.717, 1.165) is 18.8 Å². The molecule has 4 nitrogen and oxygen atoms in total. The average Bonchev–Trinajstić information content (AvgIpc) is 2.43. The van der Waals surface area contributed by atoms with Gasteiger partial charge in [0.15, 0.2) is 0 Å². The normalized spacial score (nSPS) is 10.4. The van der Waals surface area contributed by atoms with Gasteiger partial charge in [-0.25, -0.2) is 4.79 Å². The maximum atomic E-state index is 11.0. The molecule has 1 rings (SSSR count). The number of carbonyl (C=O) groups is 1. The molecule has 0 saturated carbocycles. The van der Waals surface area contributed by atoms with Crippen LogP contribution in [-0.4, -0.2) is 44.6 Å². The van der Waals surface area contributed by atoms with Crippen LogP contribution in [0.3, 0.4) is 0 Å². The summed E-state index contributed by atoms with van der Waals surface area (Å²) in [5.74, 6) is 0.712. The lowest BCUT2D eigenvalue weighted by atomic mass is 10.4. The highest BCUT2D eigenvalue weighted by molar-refractivity contribution is 7.99. The highest BCUT2D eigenvalue weighted by Gasteiger charge is 2.00. The van der Waals surface area contributed by atoms with Crippen LogP contribution in [0.2, 0.25) is 0 Å². The molecule has 0 bridgehead atoms. The molecular weight excluding hydrogens is 262 g/mol. The maximum absolute atomic E-state index is 11.0. The lowest BCUT2D eigenvalue weighted by Crippen LogP contribution is -2.24. The fourth-order valence-corrected chi connectivity index (χ4v) is 2.22. The molecule has 0 aromatic heterocycles. The Morgan fingerprint density at radius 3 is 2.79 bits per heavy atom. The smallest absolute Gasteiger partial charge is 0.332 e. The molecule has 0 heterocycles. The Balaban J connectivity index is 1.88. The molecule has 0 atom stereocenters. The van der Waals surface area contributed by atoms with E-state index in [9.17, 15) is 4.79 Å². The summed E-state index contributed by atoms with van der Waals surface area (Å²) in [4.78, 5) is 12.2. The second-order valence-corrected chi connectivity index (χ2v) is 4.94. The van der Waals surface area contributed by atoms with Gasteiger partial charge in [0.2, 0.25) is 0 Å².